The van der Waals surface area contributed by atoms with Crippen LogP contribution < -0.4 is 5.32 Å². The third-order valence-electron chi connectivity index (χ3n) is 3.51. The second kappa shape index (κ2) is 4.40. The molecule has 0 aromatic carbocycles. The molecule has 84 valence electrons. The third kappa shape index (κ3) is 3.10. The number of rotatable bonds is 3. The highest BCUT2D eigenvalue weighted by atomic mass is 16.3. The fourth-order valence-corrected chi connectivity index (χ4v) is 2.26. The predicted octanol–water partition coefficient (Wildman–Crippen LogP) is 3.34. The Bertz CT molecular complexity index is 279. The first-order chi connectivity index (χ1) is 7.16. The normalized spacial score (nSPS) is 21.7. The molecule has 1 N–H and O–H groups in total. The predicted molar refractivity (Wildman–Crippen MR) is 61.6 cm³/mol. The molecule has 0 atom stereocenters. The van der Waals surface area contributed by atoms with Crippen LogP contribution in [0.3, 0.4) is 0 Å². The summed E-state index contributed by atoms with van der Waals surface area (Å²) >= 11 is 0. The lowest BCUT2D eigenvalue weighted by Gasteiger charge is -2.34. The monoisotopic (exact) mass is 207 g/mol. The molecule has 15 heavy (non-hydrogen) atoms. The van der Waals surface area contributed by atoms with E-state index in [1.807, 2.05) is 12.3 Å². The summed E-state index contributed by atoms with van der Waals surface area (Å²) in [6, 6.07) is 2.73. The van der Waals surface area contributed by atoms with Crippen LogP contribution in [0.15, 0.2) is 23.0 Å². The Labute approximate surface area is 92.1 Å². The SMILES string of the molecule is CC1(C)CCC(NCc2ccoc2)CC1. The molecule has 1 aromatic rings. The molecule has 0 amide bonds. The van der Waals surface area contributed by atoms with Crippen LogP contribution in [0.5, 0.6) is 0 Å². The van der Waals surface area contributed by atoms with Gasteiger partial charge in [-0.15, -0.1) is 0 Å². The van der Waals surface area contributed by atoms with E-state index >= 15 is 0 Å². The van der Waals surface area contributed by atoms with Gasteiger partial charge in [0.1, 0.15) is 0 Å². The van der Waals surface area contributed by atoms with E-state index in [-0.39, 0.29) is 0 Å². The Morgan fingerprint density at radius 3 is 2.73 bits per heavy atom. The topological polar surface area (TPSA) is 25.2 Å². The van der Waals surface area contributed by atoms with Crippen molar-refractivity contribution in [2.24, 2.45) is 5.41 Å². The summed E-state index contributed by atoms with van der Waals surface area (Å²) in [5.74, 6) is 0. The molecule has 1 saturated carbocycles. The van der Waals surface area contributed by atoms with Crippen molar-refractivity contribution in [2.45, 2.75) is 52.1 Å². The van der Waals surface area contributed by atoms with Crippen LogP contribution in [0.25, 0.3) is 0 Å². The van der Waals surface area contributed by atoms with Crippen LogP contribution in [0.2, 0.25) is 0 Å². The van der Waals surface area contributed by atoms with Gasteiger partial charge >= 0.3 is 0 Å². The minimum Gasteiger partial charge on any atom is -0.472 e. The van der Waals surface area contributed by atoms with Crippen molar-refractivity contribution < 1.29 is 4.42 Å². The Hall–Kier alpha value is -0.760. The van der Waals surface area contributed by atoms with E-state index in [1.165, 1.54) is 31.2 Å². The van der Waals surface area contributed by atoms with Gasteiger partial charge in [-0.25, -0.2) is 0 Å². The Morgan fingerprint density at radius 2 is 2.13 bits per heavy atom. The number of hydrogen-bond acceptors (Lipinski definition) is 2. The van der Waals surface area contributed by atoms with Gasteiger partial charge in [0.2, 0.25) is 0 Å². The van der Waals surface area contributed by atoms with E-state index in [0.29, 0.717) is 11.5 Å². The van der Waals surface area contributed by atoms with E-state index in [1.54, 1.807) is 6.26 Å². The molecule has 1 aliphatic carbocycles. The number of furan rings is 1. The second-order valence-electron chi connectivity index (χ2n) is 5.45. The molecule has 0 spiro atoms. The van der Waals surface area contributed by atoms with Crippen LogP contribution in [0, 0.1) is 5.41 Å². The lowest BCUT2D eigenvalue weighted by atomic mass is 9.75. The maximum absolute atomic E-state index is 5.05. The zero-order valence-electron chi connectivity index (χ0n) is 9.75. The quantitative estimate of drug-likeness (QED) is 0.822. The molecular formula is C13H21NO. The third-order valence-corrected chi connectivity index (χ3v) is 3.51. The molecule has 0 aliphatic heterocycles. The van der Waals surface area contributed by atoms with Crippen LogP contribution >= 0.6 is 0 Å². The average molecular weight is 207 g/mol. The van der Waals surface area contributed by atoms with Crippen molar-refractivity contribution >= 4 is 0 Å². The van der Waals surface area contributed by atoms with Gasteiger partial charge in [0.25, 0.3) is 0 Å². The van der Waals surface area contributed by atoms with Gasteiger partial charge in [0.15, 0.2) is 0 Å². The Morgan fingerprint density at radius 1 is 1.40 bits per heavy atom. The summed E-state index contributed by atoms with van der Waals surface area (Å²) in [7, 11) is 0. The average Bonchev–Trinajstić information content (AvgIpc) is 2.69. The highest BCUT2D eigenvalue weighted by molar-refractivity contribution is 5.04. The van der Waals surface area contributed by atoms with E-state index in [2.05, 4.69) is 19.2 Å². The molecule has 0 radical (unpaired) electrons. The van der Waals surface area contributed by atoms with Crippen LogP contribution in [0.1, 0.15) is 45.1 Å². The van der Waals surface area contributed by atoms with Gasteiger partial charge in [-0.05, 0) is 37.2 Å². The maximum atomic E-state index is 5.05. The fraction of sp³-hybridized carbons (Fsp3) is 0.692. The van der Waals surface area contributed by atoms with Crippen molar-refractivity contribution in [1.82, 2.24) is 5.32 Å². The van der Waals surface area contributed by atoms with Crippen molar-refractivity contribution in [1.29, 1.82) is 0 Å². The van der Waals surface area contributed by atoms with E-state index in [4.69, 9.17) is 4.42 Å². The first-order valence-corrected chi connectivity index (χ1v) is 5.90. The molecule has 2 rings (SSSR count). The number of hydrogen-bond donors (Lipinski definition) is 1. The van der Waals surface area contributed by atoms with Crippen LogP contribution in [0.4, 0.5) is 0 Å². The van der Waals surface area contributed by atoms with E-state index in [0.717, 1.165) is 6.54 Å². The summed E-state index contributed by atoms with van der Waals surface area (Å²) in [5.41, 5.74) is 1.81. The second-order valence-corrected chi connectivity index (χ2v) is 5.45. The molecule has 0 bridgehead atoms. The standard InChI is InChI=1S/C13H21NO/c1-13(2)6-3-12(4-7-13)14-9-11-5-8-15-10-11/h5,8,10,12,14H,3-4,6-7,9H2,1-2H3. The van der Waals surface area contributed by atoms with Crippen molar-refractivity contribution in [3.05, 3.63) is 24.2 Å². The summed E-state index contributed by atoms with van der Waals surface area (Å²) in [5, 5.41) is 3.60. The smallest absolute Gasteiger partial charge is 0.0947 e. The lowest BCUT2D eigenvalue weighted by molar-refractivity contribution is 0.206. The summed E-state index contributed by atoms with van der Waals surface area (Å²) < 4.78 is 5.05. The summed E-state index contributed by atoms with van der Waals surface area (Å²) in [6.07, 6.45) is 8.86. The Kier molecular flexibility index (Phi) is 3.15. The van der Waals surface area contributed by atoms with Crippen LogP contribution in [-0.4, -0.2) is 6.04 Å². The maximum Gasteiger partial charge on any atom is 0.0947 e. The summed E-state index contributed by atoms with van der Waals surface area (Å²) in [6.45, 7) is 5.69. The molecule has 1 aliphatic rings. The zero-order valence-corrected chi connectivity index (χ0v) is 9.75. The van der Waals surface area contributed by atoms with Gasteiger partial charge in [-0.3, -0.25) is 0 Å². The van der Waals surface area contributed by atoms with Crippen molar-refractivity contribution in [3.8, 4) is 0 Å². The van der Waals surface area contributed by atoms with Crippen molar-refractivity contribution in [2.75, 3.05) is 0 Å². The molecule has 1 heterocycles. The van der Waals surface area contributed by atoms with Gasteiger partial charge < -0.3 is 9.73 Å². The molecule has 2 nitrogen and oxygen atoms in total. The highest BCUT2D eigenvalue weighted by Gasteiger charge is 2.26. The molecule has 2 heteroatoms. The zero-order chi connectivity index (χ0) is 10.7. The molecule has 1 fully saturated rings. The highest BCUT2D eigenvalue weighted by Crippen LogP contribution is 2.34. The largest absolute Gasteiger partial charge is 0.472 e. The van der Waals surface area contributed by atoms with Crippen LogP contribution in [-0.2, 0) is 6.54 Å². The van der Waals surface area contributed by atoms with E-state index < -0.39 is 0 Å². The van der Waals surface area contributed by atoms with Gasteiger partial charge in [0.05, 0.1) is 12.5 Å². The molecule has 0 saturated heterocycles. The molecule has 1 aromatic heterocycles. The Balaban J connectivity index is 1.73. The fourth-order valence-electron chi connectivity index (χ4n) is 2.26. The molecular weight excluding hydrogens is 186 g/mol. The lowest BCUT2D eigenvalue weighted by Crippen LogP contribution is -2.35. The minimum atomic E-state index is 0.563. The first kappa shape index (κ1) is 10.7. The summed E-state index contributed by atoms with van der Waals surface area (Å²) in [4.78, 5) is 0. The van der Waals surface area contributed by atoms with E-state index in [9.17, 15) is 0 Å². The van der Waals surface area contributed by atoms with Gasteiger partial charge in [-0.2, -0.15) is 0 Å². The van der Waals surface area contributed by atoms with Gasteiger partial charge in [0, 0.05) is 18.2 Å². The number of nitrogens with one attached hydrogen (secondary N) is 1. The van der Waals surface area contributed by atoms with Crippen molar-refractivity contribution in [3.63, 3.8) is 0 Å². The first-order valence-electron chi connectivity index (χ1n) is 5.90. The minimum absolute atomic E-state index is 0.563. The molecule has 0 unspecified atom stereocenters. The van der Waals surface area contributed by atoms with Gasteiger partial charge in [-0.1, -0.05) is 13.8 Å².